The molecule has 1 rings (SSSR count). The Labute approximate surface area is 66.2 Å². The molecule has 0 aromatic carbocycles. The van der Waals surface area contributed by atoms with E-state index in [1.165, 1.54) is 6.20 Å². The molecule has 0 aliphatic heterocycles. The summed E-state index contributed by atoms with van der Waals surface area (Å²) in [6.45, 7) is -1.14. The summed E-state index contributed by atoms with van der Waals surface area (Å²) in [5, 5.41) is 6.55. The van der Waals surface area contributed by atoms with Crippen LogP contribution in [0.25, 0.3) is 0 Å². The molecule has 0 bridgehead atoms. The Kier molecular flexibility index (Phi) is 2.32. The van der Waals surface area contributed by atoms with Crippen LogP contribution in [0.2, 0.25) is 0 Å². The van der Waals surface area contributed by atoms with Crippen molar-refractivity contribution in [1.29, 1.82) is 0 Å². The first-order chi connectivity index (χ1) is 5.53. The summed E-state index contributed by atoms with van der Waals surface area (Å²) in [4.78, 5) is 0. The van der Waals surface area contributed by atoms with Gasteiger partial charge in [-0.25, -0.2) is 4.68 Å². The molecule has 68 valence electrons. The molecule has 0 saturated heterocycles. The third-order valence-electron chi connectivity index (χ3n) is 1.24. The van der Waals surface area contributed by atoms with Gasteiger partial charge in [-0.3, -0.25) is 0 Å². The van der Waals surface area contributed by atoms with E-state index in [1.807, 2.05) is 0 Å². The average molecular weight is 180 g/mol. The van der Waals surface area contributed by atoms with Gasteiger partial charge in [0, 0.05) is 6.54 Å². The van der Waals surface area contributed by atoms with Crippen molar-refractivity contribution in [2.45, 2.75) is 19.3 Å². The topological polar surface area (TPSA) is 56.7 Å². The molecular weight excluding hydrogens is 173 g/mol. The number of rotatable bonds is 2. The summed E-state index contributed by atoms with van der Waals surface area (Å²) < 4.78 is 36.2. The van der Waals surface area contributed by atoms with Crippen LogP contribution in [0.15, 0.2) is 6.20 Å². The number of hydrogen-bond acceptors (Lipinski definition) is 3. The van der Waals surface area contributed by atoms with Crippen molar-refractivity contribution in [2.24, 2.45) is 5.73 Å². The molecule has 0 unspecified atom stereocenters. The highest BCUT2D eigenvalue weighted by molar-refractivity contribution is 4.92. The van der Waals surface area contributed by atoms with E-state index in [-0.39, 0.29) is 12.2 Å². The first-order valence-electron chi connectivity index (χ1n) is 3.17. The highest BCUT2D eigenvalue weighted by atomic mass is 19.4. The molecule has 0 aliphatic rings. The lowest BCUT2D eigenvalue weighted by Crippen LogP contribution is -2.21. The fourth-order valence-corrected chi connectivity index (χ4v) is 0.740. The monoisotopic (exact) mass is 180 g/mol. The van der Waals surface area contributed by atoms with Crippen LogP contribution in [-0.4, -0.2) is 21.2 Å². The van der Waals surface area contributed by atoms with Gasteiger partial charge >= 0.3 is 6.18 Å². The standard InChI is InChI=1S/C5H7F3N4/c6-5(7,8)3-12-4(1-9)2-10-11-12/h2H,1,3,9H2. The molecule has 2 N–H and O–H groups in total. The molecule has 0 fully saturated rings. The van der Waals surface area contributed by atoms with E-state index < -0.39 is 12.7 Å². The number of nitrogens with two attached hydrogens (primary N) is 1. The summed E-state index contributed by atoms with van der Waals surface area (Å²) in [7, 11) is 0. The van der Waals surface area contributed by atoms with E-state index in [1.54, 1.807) is 0 Å². The Morgan fingerprint density at radius 2 is 2.17 bits per heavy atom. The number of alkyl halides is 3. The third-order valence-corrected chi connectivity index (χ3v) is 1.24. The van der Waals surface area contributed by atoms with Crippen molar-refractivity contribution in [3.63, 3.8) is 0 Å². The van der Waals surface area contributed by atoms with E-state index in [9.17, 15) is 13.2 Å². The molecule has 0 radical (unpaired) electrons. The minimum atomic E-state index is -4.28. The van der Waals surface area contributed by atoms with Crippen molar-refractivity contribution in [1.82, 2.24) is 15.0 Å². The van der Waals surface area contributed by atoms with E-state index in [4.69, 9.17) is 5.73 Å². The van der Waals surface area contributed by atoms with Gasteiger partial charge in [0.2, 0.25) is 0 Å². The van der Waals surface area contributed by atoms with Crippen LogP contribution in [0.1, 0.15) is 5.69 Å². The van der Waals surface area contributed by atoms with Gasteiger partial charge in [0.25, 0.3) is 0 Å². The van der Waals surface area contributed by atoms with Crippen LogP contribution in [0.4, 0.5) is 13.2 Å². The summed E-state index contributed by atoms with van der Waals surface area (Å²) in [6, 6.07) is 0. The van der Waals surface area contributed by atoms with E-state index in [2.05, 4.69) is 10.3 Å². The quantitative estimate of drug-likeness (QED) is 0.712. The minimum absolute atomic E-state index is 0.00306. The minimum Gasteiger partial charge on any atom is -0.325 e. The molecule has 1 aromatic heterocycles. The van der Waals surface area contributed by atoms with Gasteiger partial charge in [0.05, 0.1) is 11.9 Å². The van der Waals surface area contributed by atoms with Gasteiger partial charge < -0.3 is 5.73 Å². The Balaban J connectivity index is 2.75. The van der Waals surface area contributed by atoms with Gasteiger partial charge in [-0.15, -0.1) is 5.10 Å². The molecule has 0 spiro atoms. The first kappa shape index (κ1) is 8.98. The number of aromatic nitrogens is 3. The van der Waals surface area contributed by atoms with Crippen LogP contribution in [0.3, 0.4) is 0 Å². The lowest BCUT2D eigenvalue weighted by molar-refractivity contribution is -0.143. The highest BCUT2D eigenvalue weighted by Crippen LogP contribution is 2.17. The van der Waals surface area contributed by atoms with E-state index in [0.29, 0.717) is 0 Å². The molecule has 0 saturated carbocycles. The third kappa shape index (κ3) is 2.19. The SMILES string of the molecule is NCc1cnnn1CC(F)(F)F. The molecule has 4 nitrogen and oxygen atoms in total. The molecule has 7 heteroatoms. The second-order valence-electron chi connectivity index (χ2n) is 2.20. The largest absolute Gasteiger partial charge is 0.408 e. The number of halogens is 3. The van der Waals surface area contributed by atoms with Gasteiger partial charge in [-0.05, 0) is 0 Å². The zero-order valence-electron chi connectivity index (χ0n) is 6.04. The average Bonchev–Trinajstić information content (AvgIpc) is 2.31. The summed E-state index contributed by atoms with van der Waals surface area (Å²) in [5.41, 5.74) is 5.42. The lowest BCUT2D eigenvalue weighted by atomic mass is 10.4. The maximum Gasteiger partial charge on any atom is 0.408 e. The van der Waals surface area contributed by atoms with Crippen LogP contribution in [0.5, 0.6) is 0 Å². The Morgan fingerprint density at radius 3 is 2.67 bits per heavy atom. The lowest BCUT2D eigenvalue weighted by Gasteiger charge is -2.07. The van der Waals surface area contributed by atoms with E-state index >= 15 is 0 Å². The molecule has 12 heavy (non-hydrogen) atoms. The Bertz CT molecular complexity index is 253. The fourth-order valence-electron chi connectivity index (χ4n) is 0.740. The smallest absolute Gasteiger partial charge is 0.325 e. The molecule has 0 amide bonds. The summed E-state index contributed by atoms with van der Waals surface area (Å²) >= 11 is 0. The summed E-state index contributed by atoms with van der Waals surface area (Å²) in [5.74, 6) is 0. The zero-order chi connectivity index (χ0) is 9.19. The molecule has 0 atom stereocenters. The molecule has 0 aliphatic carbocycles. The molecule has 1 heterocycles. The summed E-state index contributed by atoms with van der Waals surface area (Å²) in [6.07, 6.45) is -3.07. The van der Waals surface area contributed by atoms with Crippen molar-refractivity contribution < 1.29 is 13.2 Å². The van der Waals surface area contributed by atoms with Crippen LogP contribution >= 0.6 is 0 Å². The van der Waals surface area contributed by atoms with Crippen LogP contribution in [0, 0.1) is 0 Å². The van der Waals surface area contributed by atoms with Crippen LogP contribution in [-0.2, 0) is 13.1 Å². The van der Waals surface area contributed by atoms with Gasteiger partial charge in [-0.2, -0.15) is 13.2 Å². The zero-order valence-corrected chi connectivity index (χ0v) is 6.04. The predicted octanol–water partition coefficient (Wildman–Crippen LogP) is 0.299. The van der Waals surface area contributed by atoms with Crippen molar-refractivity contribution in [3.8, 4) is 0 Å². The molecule has 1 aromatic rings. The maximum atomic E-state index is 11.8. The van der Waals surface area contributed by atoms with Crippen molar-refractivity contribution in [2.75, 3.05) is 0 Å². The maximum absolute atomic E-state index is 11.8. The first-order valence-corrected chi connectivity index (χ1v) is 3.17. The second kappa shape index (κ2) is 3.10. The Morgan fingerprint density at radius 1 is 1.50 bits per heavy atom. The van der Waals surface area contributed by atoms with Gasteiger partial charge in [-0.1, -0.05) is 5.21 Å². The van der Waals surface area contributed by atoms with Crippen molar-refractivity contribution >= 4 is 0 Å². The normalized spacial score (nSPS) is 12.0. The van der Waals surface area contributed by atoms with Gasteiger partial charge in [0.15, 0.2) is 0 Å². The second-order valence-corrected chi connectivity index (χ2v) is 2.20. The predicted molar refractivity (Wildman–Crippen MR) is 34.0 cm³/mol. The van der Waals surface area contributed by atoms with Gasteiger partial charge in [0.1, 0.15) is 6.54 Å². The Hall–Kier alpha value is -1.11. The highest BCUT2D eigenvalue weighted by Gasteiger charge is 2.29. The fraction of sp³-hybridized carbons (Fsp3) is 0.600. The van der Waals surface area contributed by atoms with E-state index in [0.717, 1.165) is 4.68 Å². The number of hydrogen-bond donors (Lipinski definition) is 1. The molecular formula is C5H7F3N4. The van der Waals surface area contributed by atoms with Crippen LogP contribution < -0.4 is 5.73 Å². The number of nitrogens with zero attached hydrogens (tertiary/aromatic N) is 3. The van der Waals surface area contributed by atoms with Crippen molar-refractivity contribution in [3.05, 3.63) is 11.9 Å².